The third-order valence-electron chi connectivity index (χ3n) is 2.18. The van der Waals surface area contributed by atoms with Crippen molar-refractivity contribution in [3.63, 3.8) is 0 Å². The van der Waals surface area contributed by atoms with Crippen molar-refractivity contribution in [3.8, 4) is 11.8 Å². The van der Waals surface area contributed by atoms with Crippen LogP contribution in [0.1, 0.15) is 17.3 Å². The molecule has 94 valence electrons. The summed E-state index contributed by atoms with van der Waals surface area (Å²) in [6.45, 7) is 1.51. The van der Waals surface area contributed by atoms with E-state index < -0.39 is 16.9 Å². The Balaban J connectivity index is 3.05. The molecule has 0 radical (unpaired) electrons. The SMILES string of the molecule is COc1ccc(C(=O)NC(C)C#N)cc1[N+](=O)[O-]. The Morgan fingerprint density at radius 1 is 1.61 bits per heavy atom. The zero-order chi connectivity index (χ0) is 13.7. The Bertz CT molecular complexity index is 522. The van der Waals surface area contributed by atoms with Crippen LogP contribution in [0.25, 0.3) is 0 Å². The number of methoxy groups -OCH3 is 1. The van der Waals surface area contributed by atoms with Crippen LogP contribution in [0.5, 0.6) is 5.75 Å². The van der Waals surface area contributed by atoms with Gasteiger partial charge in [0.2, 0.25) is 0 Å². The highest BCUT2D eigenvalue weighted by atomic mass is 16.6. The smallest absolute Gasteiger partial charge is 0.311 e. The number of carbonyl (C=O) groups is 1. The van der Waals surface area contributed by atoms with E-state index in [1.54, 1.807) is 0 Å². The zero-order valence-electron chi connectivity index (χ0n) is 9.84. The summed E-state index contributed by atoms with van der Waals surface area (Å²) in [5.41, 5.74) is -0.195. The van der Waals surface area contributed by atoms with Crippen molar-refractivity contribution in [2.24, 2.45) is 0 Å². The number of benzene rings is 1. The van der Waals surface area contributed by atoms with Gasteiger partial charge >= 0.3 is 5.69 Å². The summed E-state index contributed by atoms with van der Waals surface area (Å²) < 4.78 is 4.82. The monoisotopic (exact) mass is 249 g/mol. The van der Waals surface area contributed by atoms with Gasteiger partial charge in [0.1, 0.15) is 6.04 Å². The maximum absolute atomic E-state index is 11.7. The lowest BCUT2D eigenvalue weighted by Gasteiger charge is -2.07. The van der Waals surface area contributed by atoms with Crippen molar-refractivity contribution >= 4 is 11.6 Å². The fourth-order valence-corrected chi connectivity index (χ4v) is 1.29. The molecule has 1 aromatic rings. The molecule has 0 saturated heterocycles. The van der Waals surface area contributed by atoms with E-state index in [1.807, 2.05) is 6.07 Å². The Morgan fingerprint density at radius 3 is 2.78 bits per heavy atom. The fourth-order valence-electron chi connectivity index (χ4n) is 1.29. The number of nitrogens with zero attached hydrogens (tertiary/aromatic N) is 2. The molecule has 0 aliphatic heterocycles. The van der Waals surface area contributed by atoms with Crippen LogP contribution in [0, 0.1) is 21.4 Å². The van der Waals surface area contributed by atoms with Gasteiger partial charge in [0.15, 0.2) is 5.75 Å². The molecule has 0 saturated carbocycles. The first-order valence-electron chi connectivity index (χ1n) is 5.02. The average Bonchev–Trinajstić information content (AvgIpc) is 2.37. The van der Waals surface area contributed by atoms with E-state index in [4.69, 9.17) is 10.00 Å². The number of amides is 1. The molecule has 0 fully saturated rings. The second-order valence-electron chi connectivity index (χ2n) is 3.47. The standard InChI is InChI=1S/C11H11N3O4/c1-7(6-12)13-11(15)8-3-4-10(18-2)9(5-8)14(16)17/h3-5,7H,1-2H3,(H,13,15). The van der Waals surface area contributed by atoms with Gasteiger partial charge in [0, 0.05) is 11.6 Å². The number of nitriles is 1. The minimum Gasteiger partial charge on any atom is -0.490 e. The number of hydrogen-bond donors (Lipinski definition) is 1. The van der Waals surface area contributed by atoms with Crippen LogP contribution in [-0.4, -0.2) is 24.0 Å². The summed E-state index contributed by atoms with van der Waals surface area (Å²) in [5.74, 6) is -0.473. The van der Waals surface area contributed by atoms with Gasteiger partial charge in [-0.3, -0.25) is 14.9 Å². The molecule has 0 bridgehead atoms. The molecule has 7 nitrogen and oxygen atoms in total. The molecule has 0 aliphatic carbocycles. The largest absolute Gasteiger partial charge is 0.490 e. The second-order valence-corrected chi connectivity index (χ2v) is 3.47. The number of nitro benzene ring substituents is 1. The highest BCUT2D eigenvalue weighted by Crippen LogP contribution is 2.27. The molecule has 0 aromatic heterocycles. The average molecular weight is 249 g/mol. The van der Waals surface area contributed by atoms with Crippen LogP contribution in [-0.2, 0) is 0 Å². The van der Waals surface area contributed by atoms with E-state index in [0.29, 0.717) is 0 Å². The Labute approximate surface area is 103 Å². The van der Waals surface area contributed by atoms with E-state index in [1.165, 1.54) is 26.2 Å². The van der Waals surface area contributed by atoms with Gasteiger partial charge in [-0.1, -0.05) is 0 Å². The molecular weight excluding hydrogens is 238 g/mol. The van der Waals surface area contributed by atoms with Crippen LogP contribution in [0.3, 0.4) is 0 Å². The maximum Gasteiger partial charge on any atom is 0.311 e. The van der Waals surface area contributed by atoms with Crippen LogP contribution in [0.2, 0.25) is 0 Å². The first-order valence-corrected chi connectivity index (χ1v) is 5.02. The van der Waals surface area contributed by atoms with Gasteiger partial charge in [-0.2, -0.15) is 5.26 Å². The molecule has 18 heavy (non-hydrogen) atoms. The normalized spacial score (nSPS) is 11.2. The third-order valence-corrected chi connectivity index (χ3v) is 2.18. The Hall–Kier alpha value is -2.62. The molecular formula is C11H11N3O4. The van der Waals surface area contributed by atoms with Gasteiger partial charge in [0.05, 0.1) is 18.1 Å². The van der Waals surface area contributed by atoms with Gasteiger partial charge in [0.25, 0.3) is 5.91 Å². The lowest BCUT2D eigenvalue weighted by molar-refractivity contribution is -0.385. The van der Waals surface area contributed by atoms with Crippen molar-refractivity contribution in [2.75, 3.05) is 7.11 Å². The summed E-state index contributed by atoms with van der Waals surface area (Å²) >= 11 is 0. The van der Waals surface area contributed by atoms with Crippen LogP contribution < -0.4 is 10.1 Å². The molecule has 1 amide bonds. The van der Waals surface area contributed by atoms with Crippen LogP contribution in [0.15, 0.2) is 18.2 Å². The molecule has 1 N–H and O–H groups in total. The number of ether oxygens (including phenoxy) is 1. The van der Waals surface area contributed by atoms with E-state index in [-0.39, 0.29) is 17.0 Å². The van der Waals surface area contributed by atoms with Gasteiger partial charge < -0.3 is 10.1 Å². The lowest BCUT2D eigenvalue weighted by atomic mass is 10.1. The first kappa shape index (κ1) is 13.4. The predicted octanol–water partition coefficient (Wildman–Crippen LogP) is 1.25. The van der Waals surface area contributed by atoms with Gasteiger partial charge in [-0.25, -0.2) is 0 Å². The Kier molecular flexibility index (Phi) is 4.21. The van der Waals surface area contributed by atoms with Crippen molar-refractivity contribution < 1.29 is 14.5 Å². The summed E-state index contributed by atoms with van der Waals surface area (Å²) in [6, 6.07) is 5.01. The minimum absolute atomic E-state index is 0.0740. The quantitative estimate of drug-likeness (QED) is 0.638. The first-order chi connectivity index (χ1) is 8.49. The van der Waals surface area contributed by atoms with Crippen molar-refractivity contribution in [3.05, 3.63) is 33.9 Å². The number of rotatable bonds is 4. The topological polar surface area (TPSA) is 105 Å². The Morgan fingerprint density at radius 2 is 2.28 bits per heavy atom. The van der Waals surface area contributed by atoms with Gasteiger partial charge in [-0.15, -0.1) is 0 Å². The second kappa shape index (κ2) is 5.63. The van der Waals surface area contributed by atoms with Crippen molar-refractivity contribution in [1.82, 2.24) is 5.32 Å². The van der Waals surface area contributed by atoms with Crippen molar-refractivity contribution in [2.45, 2.75) is 13.0 Å². The van der Waals surface area contributed by atoms with Crippen LogP contribution >= 0.6 is 0 Å². The number of nitro groups is 1. The maximum atomic E-state index is 11.7. The fraction of sp³-hybridized carbons (Fsp3) is 0.273. The number of nitrogens with one attached hydrogen (secondary N) is 1. The van der Waals surface area contributed by atoms with Crippen molar-refractivity contribution in [1.29, 1.82) is 5.26 Å². The summed E-state index contributed by atoms with van der Waals surface area (Å²) in [5, 5.41) is 21.7. The summed E-state index contributed by atoms with van der Waals surface area (Å²) in [4.78, 5) is 21.8. The third kappa shape index (κ3) is 2.95. The van der Waals surface area contributed by atoms with Gasteiger partial charge in [-0.05, 0) is 19.1 Å². The molecule has 0 aliphatic rings. The highest BCUT2D eigenvalue weighted by Gasteiger charge is 2.18. The van der Waals surface area contributed by atoms with E-state index in [2.05, 4.69) is 5.32 Å². The minimum atomic E-state index is -0.668. The van der Waals surface area contributed by atoms with E-state index >= 15 is 0 Å². The molecule has 0 heterocycles. The molecule has 1 unspecified atom stereocenters. The molecule has 7 heteroatoms. The number of carbonyl (C=O) groups excluding carboxylic acids is 1. The zero-order valence-corrected chi connectivity index (χ0v) is 9.84. The van der Waals surface area contributed by atoms with E-state index in [0.717, 1.165) is 6.07 Å². The highest BCUT2D eigenvalue weighted by molar-refractivity contribution is 5.95. The van der Waals surface area contributed by atoms with E-state index in [9.17, 15) is 14.9 Å². The summed E-state index contributed by atoms with van der Waals surface area (Å²) in [6.07, 6.45) is 0. The van der Waals surface area contributed by atoms with Crippen LogP contribution in [0.4, 0.5) is 5.69 Å². The summed E-state index contributed by atoms with van der Waals surface area (Å²) in [7, 11) is 1.31. The molecule has 1 atom stereocenters. The molecule has 1 rings (SSSR count). The predicted molar refractivity (Wildman–Crippen MR) is 62.2 cm³/mol. The molecule has 1 aromatic carbocycles. The molecule has 0 spiro atoms. The lowest BCUT2D eigenvalue weighted by Crippen LogP contribution is -2.31. The number of hydrogen-bond acceptors (Lipinski definition) is 5.